The van der Waals surface area contributed by atoms with Gasteiger partial charge >= 0.3 is 13.8 Å². The predicted octanol–water partition coefficient (Wildman–Crippen LogP) is 5.19. The minimum Gasteiger partial charge on any atom is -0.456 e. The zero-order chi connectivity index (χ0) is 22.7. The third-order valence-corrected chi connectivity index (χ3v) is 4.95. The number of phosphoric ester groups is 1. The molecule has 0 aliphatic carbocycles. The van der Waals surface area contributed by atoms with Gasteiger partial charge in [-0.3, -0.25) is 18.6 Å². The molecule has 0 atom stereocenters. The van der Waals surface area contributed by atoms with Crippen molar-refractivity contribution in [3.8, 4) is 0 Å². The van der Waals surface area contributed by atoms with Crippen molar-refractivity contribution in [1.29, 1.82) is 0 Å². The molecule has 0 fully saturated rings. The third-order valence-electron chi connectivity index (χ3n) is 2.98. The Bertz CT molecular complexity index is 727. The fourth-order valence-corrected chi connectivity index (χ4v) is 3.86. The maximum Gasteiger partial charge on any atom is 0.477 e. The van der Waals surface area contributed by atoms with Gasteiger partial charge in [0.05, 0.1) is 28.6 Å². The molecule has 166 valence electrons. The topological polar surface area (TPSA) is 87.2 Å². The normalized spacial score (nSPS) is 13.3. The number of ether oxygens (including phenoxy) is 1. The van der Waals surface area contributed by atoms with E-state index in [4.69, 9.17) is 18.3 Å². The molecule has 29 heavy (non-hydrogen) atoms. The summed E-state index contributed by atoms with van der Waals surface area (Å²) in [5.41, 5.74) is -1.16. The second kappa shape index (κ2) is 9.13. The van der Waals surface area contributed by atoms with Crippen LogP contribution in [0.15, 0.2) is 18.5 Å². The molecule has 0 saturated carbocycles. The molecule has 9 heteroatoms. The van der Waals surface area contributed by atoms with E-state index < -0.39 is 30.6 Å². The zero-order valence-electron chi connectivity index (χ0n) is 19.2. The first-order valence-electron chi connectivity index (χ1n) is 9.45. The number of phosphoric acid groups is 1. The molecule has 8 nitrogen and oxygen atoms in total. The summed E-state index contributed by atoms with van der Waals surface area (Å²) in [6.07, 6.45) is 3.00. The first kappa shape index (κ1) is 25.6. The molecule has 1 heterocycles. The van der Waals surface area contributed by atoms with Crippen LogP contribution in [-0.2, 0) is 22.9 Å². The largest absolute Gasteiger partial charge is 0.477 e. The Morgan fingerprint density at radius 1 is 0.966 bits per heavy atom. The van der Waals surface area contributed by atoms with E-state index in [0.717, 1.165) is 0 Å². The summed E-state index contributed by atoms with van der Waals surface area (Å²) < 4.78 is 35.3. The summed E-state index contributed by atoms with van der Waals surface area (Å²) >= 11 is 0. The van der Waals surface area contributed by atoms with E-state index in [0.29, 0.717) is 11.3 Å². The Labute approximate surface area is 174 Å². The van der Waals surface area contributed by atoms with Gasteiger partial charge in [0.1, 0.15) is 12.3 Å². The van der Waals surface area contributed by atoms with Gasteiger partial charge in [-0.2, -0.15) is 0 Å². The van der Waals surface area contributed by atoms with Gasteiger partial charge in [0, 0.05) is 13.2 Å². The number of hydrogen-bond acceptors (Lipinski definition) is 8. The number of nitrogens with zero attached hydrogens (tertiary/aromatic N) is 2. The average Bonchev–Trinajstić information content (AvgIpc) is 2.47. The maximum absolute atomic E-state index is 13.1. The molecule has 0 aliphatic heterocycles. The van der Waals surface area contributed by atoms with Gasteiger partial charge in [0.25, 0.3) is 0 Å². The van der Waals surface area contributed by atoms with E-state index in [1.54, 1.807) is 86.5 Å². The highest BCUT2D eigenvalue weighted by Crippen LogP contribution is 2.55. The van der Waals surface area contributed by atoms with Crippen LogP contribution in [0.3, 0.4) is 0 Å². The highest BCUT2D eigenvalue weighted by molar-refractivity contribution is 7.48. The third kappa shape index (κ3) is 10.2. The number of carbonyl (C=O) groups is 1. The maximum atomic E-state index is 13.1. The van der Waals surface area contributed by atoms with Crippen molar-refractivity contribution in [2.45, 2.75) is 79.1 Å². The molecule has 1 aromatic rings. The number of rotatable bonds is 7. The molecule has 0 amide bonds. The molecule has 0 radical (unpaired) electrons. The van der Waals surface area contributed by atoms with Gasteiger partial charge in [-0.05, 0) is 68.4 Å². The molecule has 0 unspecified atom stereocenters. The fourth-order valence-electron chi connectivity index (χ4n) is 2.06. The lowest BCUT2D eigenvalue weighted by molar-refractivity contribution is 0.00299. The van der Waals surface area contributed by atoms with Crippen LogP contribution < -0.4 is 4.90 Å². The summed E-state index contributed by atoms with van der Waals surface area (Å²) in [5.74, 6) is -0.473. The van der Waals surface area contributed by atoms with Crippen LogP contribution in [0, 0.1) is 0 Å². The van der Waals surface area contributed by atoms with E-state index in [9.17, 15) is 9.36 Å². The van der Waals surface area contributed by atoms with Crippen molar-refractivity contribution in [3.63, 3.8) is 0 Å². The van der Waals surface area contributed by atoms with Crippen LogP contribution in [-0.4, -0.2) is 41.5 Å². The lowest BCUT2D eigenvalue weighted by Gasteiger charge is -2.32. The Balaban J connectivity index is 2.93. The summed E-state index contributed by atoms with van der Waals surface area (Å²) in [7, 11) is -2.13. The van der Waals surface area contributed by atoms with Crippen LogP contribution in [0.2, 0.25) is 0 Å². The minimum atomic E-state index is -3.85. The fraction of sp³-hybridized carbons (Fsp3) is 0.700. The van der Waals surface area contributed by atoms with E-state index in [2.05, 4.69) is 4.98 Å². The SMILES string of the molecule is CN(COP(=O)(OC(C)(C)C)OC(C)(C)C)c1cncc(C(=O)OC(C)(C)C)c1. The van der Waals surface area contributed by atoms with Crippen LogP contribution in [0.4, 0.5) is 5.69 Å². The van der Waals surface area contributed by atoms with Crippen molar-refractivity contribution >= 4 is 19.5 Å². The van der Waals surface area contributed by atoms with Gasteiger partial charge in [0.15, 0.2) is 0 Å². The van der Waals surface area contributed by atoms with Crippen LogP contribution >= 0.6 is 7.82 Å². The molecule has 0 bridgehead atoms. The van der Waals surface area contributed by atoms with Crippen molar-refractivity contribution in [3.05, 3.63) is 24.0 Å². The summed E-state index contributed by atoms with van der Waals surface area (Å²) in [5, 5.41) is 0. The number of anilines is 1. The van der Waals surface area contributed by atoms with E-state index in [-0.39, 0.29) is 6.73 Å². The number of pyridine rings is 1. The number of aromatic nitrogens is 1. The molecule has 0 N–H and O–H groups in total. The molecule has 0 spiro atoms. The zero-order valence-corrected chi connectivity index (χ0v) is 20.1. The van der Waals surface area contributed by atoms with Gasteiger partial charge < -0.3 is 9.64 Å². The lowest BCUT2D eigenvalue weighted by Crippen LogP contribution is -2.28. The minimum absolute atomic E-state index is 0.0944. The Kier molecular flexibility index (Phi) is 8.05. The quantitative estimate of drug-likeness (QED) is 0.332. The molecular weight excluding hydrogens is 395 g/mol. The van der Waals surface area contributed by atoms with Gasteiger partial charge in [-0.15, -0.1) is 0 Å². The van der Waals surface area contributed by atoms with Crippen molar-refractivity contribution < 1.29 is 27.7 Å². The van der Waals surface area contributed by atoms with Crippen molar-refractivity contribution in [2.24, 2.45) is 0 Å². The van der Waals surface area contributed by atoms with Crippen molar-refractivity contribution in [2.75, 3.05) is 18.7 Å². The molecule has 0 aliphatic rings. The standard InChI is InChI=1S/C20H35N2O6P/c1-18(2,3)26-17(23)15-11-16(13-21-12-15)22(10)14-25-29(24,27-19(4,5)6)28-20(7,8)9/h11-13H,14H2,1-10H3. The average molecular weight is 430 g/mol. The van der Waals surface area contributed by atoms with Crippen LogP contribution in [0.5, 0.6) is 0 Å². The molecule has 0 saturated heterocycles. The molecular formula is C20H35N2O6P. The molecule has 1 rings (SSSR count). The highest BCUT2D eigenvalue weighted by atomic mass is 31.2. The molecule has 1 aromatic heterocycles. The van der Waals surface area contributed by atoms with Crippen LogP contribution in [0.1, 0.15) is 72.7 Å². The Morgan fingerprint density at radius 2 is 1.48 bits per heavy atom. The Hall–Kier alpha value is -1.47. The van der Waals surface area contributed by atoms with E-state index in [1.165, 1.54) is 6.20 Å². The van der Waals surface area contributed by atoms with Gasteiger partial charge in [-0.1, -0.05) is 0 Å². The van der Waals surface area contributed by atoms with Crippen molar-refractivity contribution in [1.82, 2.24) is 4.98 Å². The Morgan fingerprint density at radius 3 is 1.93 bits per heavy atom. The summed E-state index contributed by atoms with van der Waals surface area (Å²) in [4.78, 5) is 18.0. The van der Waals surface area contributed by atoms with Gasteiger partial charge in [0.2, 0.25) is 0 Å². The number of carbonyl (C=O) groups excluding carboxylic acids is 1. The van der Waals surface area contributed by atoms with Gasteiger partial charge in [-0.25, -0.2) is 9.36 Å². The smallest absolute Gasteiger partial charge is 0.456 e. The number of hydrogen-bond donors (Lipinski definition) is 0. The first-order chi connectivity index (χ1) is 12.9. The highest BCUT2D eigenvalue weighted by Gasteiger charge is 2.37. The monoisotopic (exact) mass is 430 g/mol. The van der Waals surface area contributed by atoms with Crippen LogP contribution in [0.25, 0.3) is 0 Å². The number of esters is 1. The predicted molar refractivity (Wildman–Crippen MR) is 113 cm³/mol. The summed E-state index contributed by atoms with van der Waals surface area (Å²) in [6.45, 7) is 15.9. The molecule has 0 aromatic carbocycles. The van der Waals surface area contributed by atoms with E-state index in [1.807, 2.05) is 0 Å². The summed E-state index contributed by atoms with van der Waals surface area (Å²) in [6, 6.07) is 1.63. The second-order valence-corrected chi connectivity index (χ2v) is 11.3. The van der Waals surface area contributed by atoms with E-state index >= 15 is 0 Å². The first-order valence-corrected chi connectivity index (χ1v) is 10.9. The lowest BCUT2D eigenvalue weighted by atomic mass is 10.2. The second-order valence-electron chi connectivity index (χ2n) is 9.74.